The van der Waals surface area contributed by atoms with Crippen molar-refractivity contribution in [3.8, 4) is 0 Å². The average Bonchev–Trinajstić information content (AvgIpc) is 3.08. The lowest BCUT2D eigenvalue weighted by molar-refractivity contribution is -0.131. The summed E-state index contributed by atoms with van der Waals surface area (Å²) in [6, 6.07) is 10.7. The normalized spacial score (nSPS) is 18.1. The third kappa shape index (κ3) is 5.67. The first-order chi connectivity index (χ1) is 13.1. The Kier molecular flexibility index (Phi) is 7.04. The quantitative estimate of drug-likeness (QED) is 0.725. The third-order valence-corrected chi connectivity index (χ3v) is 5.30. The van der Waals surface area contributed by atoms with Gasteiger partial charge in [0.1, 0.15) is 5.82 Å². The minimum absolute atomic E-state index is 0.281. The van der Waals surface area contributed by atoms with Gasteiger partial charge in [0.15, 0.2) is 0 Å². The van der Waals surface area contributed by atoms with Gasteiger partial charge in [-0.2, -0.15) is 0 Å². The van der Waals surface area contributed by atoms with Crippen LogP contribution in [-0.4, -0.2) is 39.5 Å². The van der Waals surface area contributed by atoms with Gasteiger partial charge in [0.25, 0.3) is 0 Å². The highest BCUT2D eigenvalue weighted by Crippen LogP contribution is 2.16. The summed E-state index contributed by atoms with van der Waals surface area (Å²) in [7, 11) is 0. The molecule has 0 spiro atoms. The molecular formula is C22H32N4O. The Bertz CT molecular complexity index is 710. The molecule has 0 radical (unpaired) electrons. The molecule has 146 valence electrons. The number of rotatable bonds is 8. The van der Waals surface area contributed by atoms with Gasteiger partial charge in [-0.25, -0.2) is 4.98 Å². The van der Waals surface area contributed by atoms with Crippen LogP contribution >= 0.6 is 0 Å². The Hall–Kier alpha value is -2.14. The molecule has 0 aliphatic carbocycles. The highest BCUT2D eigenvalue weighted by molar-refractivity contribution is 5.76. The second kappa shape index (κ2) is 9.70. The molecule has 1 aliphatic heterocycles. The fourth-order valence-corrected chi connectivity index (χ4v) is 3.78. The molecule has 1 aromatic heterocycles. The highest BCUT2D eigenvalue weighted by atomic mass is 16.2. The van der Waals surface area contributed by atoms with Crippen molar-refractivity contribution < 1.29 is 4.79 Å². The molecule has 0 bridgehead atoms. The largest absolute Gasteiger partial charge is 0.338 e. The van der Waals surface area contributed by atoms with Gasteiger partial charge in [-0.3, -0.25) is 4.79 Å². The first-order valence-electron chi connectivity index (χ1n) is 10.2. The maximum atomic E-state index is 12.4. The molecule has 1 fully saturated rings. The number of nitrogens with one attached hydrogen (secondary N) is 1. The lowest BCUT2D eigenvalue weighted by atomic mass is 10.1. The molecule has 1 saturated heterocycles. The number of carbonyl (C=O) groups excluding carboxylic acids is 1. The number of imidazole rings is 1. The molecule has 1 N–H and O–H groups in total. The molecule has 3 rings (SSSR count). The molecule has 1 aromatic carbocycles. The van der Waals surface area contributed by atoms with E-state index < -0.39 is 0 Å². The Morgan fingerprint density at radius 3 is 2.81 bits per heavy atom. The molecule has 1 unspecified atom stereocenters. The summed E-state index contributed by atoms with van der Waals surface area (Å²) in [5, 5.41) is 3.67. The third-order valence-electron chi connectivity index (χ3n) is 5.30. The summed E-state index contributed by atoms with van der Waals surface area (Å²) in [6.45, 7) is 7.90. The van der Waals surface area contributed by atoms with E-state index in [0.717, 1.165) is 51.3 Å². The standard InChI is InChI=1S/C22H32N4O/c1-18(2)22-24-13-16-25(22)14-6-12-23-20-9-10-21(27)26(15-11-20)17-19-7-4-3-5-8-19/h3-5,7-8,13,16,18,20,23H,6,9-12,14-15,17H2,1-2H3. The average molecular weight is 369 g/mol. The van der Waals surface area contributed by atoms with Gasteiger partial charge in [0.05, 0.1) is 0 Å². The van der Waals surface area contributed by atoms with Gasteiger partial charge in [0, 0.05) is 50.4 Å². The predicted molar refractivity (Wildman–Crippen MR) is 108 cm³/mol. The first kappa shape index (κ1) is 19.6. The number of carbonyl (C=O) groups is 1. The van der Waals surface area contributed by atoms with Crippen LogP contribution in [0.4, 0.5) is 0 Å². The van der Waals surface area contributed by atoms with E-state index in [9.17, 15) is 4.79 Å². The predicted octanol–water partition coefficient (Wildman–Crippen LogP) is 3.57. The second-order valence-electron chi connectivity index (χ2n) is 7.77. The van der Waals surface area contributed by atoms with E-state index >= 15 is 0 Å². The summed E-state index contributed by atoms with van der Waals surface area (Å²) in [5.74, 6) is 1.89. The van der Waals surface area contributed by atoms with Crippen LogP contribution < -0.4 is 5.32 Å². The molecule has 5 nitrogen and oxygen atoms in total. The Morgan fingerprint density at radius 1 is 1.22 bits per heavy atom. The fraction of sp³-hybridized carbons (Fsp3) is 0.545. The topological polar surface area (TPSA) is 50.2 Å². The van der Waals surface area contributed by atoms with E-state index in [4.69, 9.17) is 0 Å². The maximum absolute atomic E-state index is 12.4. The summed E-state index contributed by atoms with van der Waals surface area (Å²) in [5.41, 5.74) is 1.21. The number of likely N-dealkylation sites (tertiary alicyclic amines) is 1. The van der Waals surface area contributed by atoms with E-state index in [-0.39, 0.29) is 5.91 Å². The number of amides is 1. The van der Waals surface area contributed by atoms with E-state index in [1.165, 1.54) is 5.56 Å². The molecule has 5 heteroatoms. The number of aryl methyl sites for hydroxylation is 1. The highest BCUT2D eigenvalue weighted by Gasteiger charge is 2.22. The lowest BCUT2D eigenvalue weighted by Gasteiger charge is -2.21. The van der Waals surface area contributed by atoms with Gasteiger partial charge >= 0.3 is 0 Å². The van der Waals surface area contributed by atoms with Gasteiger partial charge in [0.2, 0.25) is 5.91 Å². The Morgan fingerprint density at radius 2 is 2.04 bits per heavy atom. The molecular weight excluding hydrogens is 336 g/mol. The van der Waals surface area contributed by atoms with Crippen molar-refractivity contribution in [2.24, 2.45) is 0 Å². The molecule has 1 aliphatic rings. The molecule has 27 heavy (non-hydrogen) atoms. The molecule has 1 amide bonds. The SMILES string of the molecule is CC(C)c1nccn1CCCNC1CCC(=O)N(Cc2ccccc2)CC1. The Balaban J connectivity index is 1.41. The van der Waals surface area contributed by atoms with Crippen molar-refractivity contribution in [3.05, 3.63) is 54.1 Å². The molecule has 2 aromatic rings. The minimum atomic E-state index is 0.281. The number of nitrogens with zero attached hydrogens (tertiary/aromatic N) is 3. The number of hydrogen-bond donors (Lipinski definition) is 1. The van der Waals surface area contributed by atoms with Gasteiger partial charge < -0.3 is 14.8 Å². The maximum Gasteiger partial charge on any atom is 0.222 e. The van der Waals surface area contributed by atoms with Crippen LogP contribution in [0.2, 0.25) is 0 Å². The molecule has 0 saturated carbocycles. The smallest absolute Gasteiger partial charge is 0.222 e. The summed E-state index contributed by atoms with van der Waals surface area (Å²) >= 11 is 0. The summed E-state index contributed by atoms with van der Waals surface area (Å²) in [6.07, 6.45) is 7.65. The van der Waals surface area contributed by atoms with Gasteiger partial charge in [-0.15, -0.1) is 0 Å². The summed E-state index contributed by atoms with van der Waals surface area (Å²) < 4.78 is 2.25. The zero-order chi connectivity index (χ0) is 19.1. The zero-order valence-corrected chi connectivity index (χ0v) is 16.6. The number of benzene rings is 1. The van der Waals surface area contributed by atoms with Gasteiger partial charge in [-0.1, -0.05) is 44.2 Å². The Labute approximate surface area is 162 Å². The number of hydrogen-bond acceptors (Lipinski definition) is 3. The van der Waals surface area contributed by atoms with Crippen molar-refractivity contribution in [1.29, 1.82) is 0 Å². The van der Waals surface area contributed by atoms with Crippen molar-refractivity contribution in [2.45, 2.75) is 64.6 Å². The zero-order valence-electron chi connectivity index (χ0n) is 16.6. The van der Waals surface area contributed by atoms with Crippen molar-refractivity contribution in [3.63, 3.8) is 0 Å². The van der Waals surface area contributed by atoms with Crippen LogP contribution in [0.5, 0.6) is 0 Å². The fourth-order valence-electron chi connectivity index (χ4n) is 3.78. The van der Waals surface area contributed by atoms with Crippen LogP contribution in [0, 0.1) is 0 Å². The minimum Gasteiger partial charge on any atom is -0.338 e. The van der Waals surface area contributed by atoms with Crippen LogP contribution in [0.15, 0.2) is 42.7 Å². The van der Waals surface area contributed by atoms with E-state index in [2.05, 4.69) is 47.0 Å². The van der Waals surface area contributed by atoms with Crippen molar-refractivity contribution in [1.82, 2.24) is 19.8 Å². The molecule has 1 atom stereocenters. The van der Waals surface area contributed by atoms with Crippen LogP contribution in [0.25, 0.3) is 0 Å². The number of aromatic nitrogens is 2. The lowest BCUT2D eigenvalue weighted by Crippen LogP contribution is -2.32. The second-order valence-corrected chi connectivity index (χ2v) is 7.77. The monoisotopic (exact) mass is 368 g/mol. The van der Waals surface area contributed by atoms with Crippen molar-refractivity contribution in [2.75, 3.05) is 13.1 Å². The van der Waals surface area contributed by atoms with E-state index in [1.54, 1.807) is 0 Å². The summed E-state index contributed by atoms with van der Waals surface area (Å²) in [4.78, 5) is 18.9. The van der Waals surface area contributed by atoms with Gasteiger partial charge in [-0.05, 0) is 31.4 Å². The van der Waals surface area contributed by atoms with E-state index in [1.807, 2.05) is 29.3 Å². The molecule has 2 heterocycles. The van der Waals surface area contributed by atoms with Crippen molar-refractivity contribution >= 4 is 5.91 Å². The van der Waals surface area contributed by atoms with Crippen LogP contribution in [0.1, 0.15) is 56.8 Å². The van der Waals surface area contributed by atoms with Crippen LogP contribution in [-0.2, 0) is 17.9 Å². The van der Waals surface area contributed by atoms with E-state index in [0.29, 0.717) is 18.4 Å². The van der Waals surface area contributed by atoms with Crippen LogP contribution in [0.3, 0.4) is 0 Å². The first-order valence-corrected chi connectivity index (χ1v) is 10.2.